The molecule has 0 saturated carbocycles. The van der Waals surface area contributed by atoms with Crippen LogP contribution in [-0.2, 0) is 14.3 Å². The summed E-state index contributed by atoms with van der Waals surface area (Å²) in [4.78, 5) is 13.3. The Morgan fingerprint density at radius 2 is 1.47 bits per heavy atom. The van der Waals surface area contributed by atoms with Crippen molar-refractivity contribution in [2.75, 3.05) is 19.0 Å². The van der Waals surface area contributed by atoms with Gasteiger partial charge in [-0.2, -0.15) is 0 Å². The molecule has 1 rings (SSSR count). The van der Waals surface area contributed by atoms with E-state index in [2.05, 4.69) is 48.5 Å². The van der Waals surface area contributed by atoms with E-state index < -0.39 is 5.41 Å². The van der Waals surface area contributed by atoms with Crippen LogP contribution < -0.4 is 0 Å². The predicted molar refractivity (Wildman–Crippen MR) is 156 cm³/mol. The van der Waals surface area contributed by atoms with Crippen LogP contribution in [0.15, 0.2) is 0 Å². The predicted octanol–water partition coefficient (Wildman–Crippen LogP) is 9.21. The zero-order valence-corrected chi connectivity index (χ0v) is 25.6. The minimum absolute atomic E-state index is 0.0481. The summed E-state index contributed by atoms with van der Waals surface area (Å²) in [6.45, 7) is 16.4. The smallest absolute Gasteiger partial charge is 0.313 e. The van der Waals surface area contributed by atoms with Crippen molar-refractivity contribution in [1.82, 2.24) is 0 Å². The number of carbonyl (C=O) groups excluding carboxylic acids is 1. The summed E-state index contributed by atoms with van der Waals surface area (Å²) in [5.41, 5.74) is -0.583. The van der Waals surface area contributed by atoms with Gasteiger partial charge >= 0.3 is 5.97 Å². The molecule has 1 aliphatic heterocycles. The highest BCUT2D eigenvalue weighted by molar-refractivity contribution is 8.47. The van der Waals surface area contributed by atoms with Crippen LogP contribution in [-0.4, -0.2) is 39.3 Å². The van der Waals surface area contributed by atoms with Gasteiger partial charge in [-0.1, -0.05) is 104 Å². The van der Waals surface area contributed by atoms with Gasteiger partial charge in [0.05, 0.1) is 12.0 Å². The summed E-state index contributed by atoms with van der Waals surface area (Å²) < 4.78 is 11.6. The number of rotatable bonds is 19. The topological polar surface area (TPSA) is 38.8 Å². The lowest BCUT2D eigenvalue weighted by atomic mass is 9.66. The molecule has 0 radical (unpaired) electrons. The third-order valence-electron chi connectivity index (χ3n) is 7.43. The molecule has 0 aromatic heterocycles. The molecule has 0 aromatic carbocycles. The molecule has 0 bridgehead atoms. The molecule has 0 spiro atoms. The number of unbranched alkanes of at least 4 members (excludes halogenated alkanes) is 9. The molecule has 2 unspecified atom stereocenters. The van der Waals surface area contributed by atoms with Crippen molar-refractivity contribution >= 4 is 45.2 Å². The number of esters is 1. The minimum Gasteiger partial charge on any atom is -0.462 e. The van der Waals surface area contributed by atoms with Gasteiger partial charge in [-0.15, -0.1) is 23.5 Å². The van der Waals surface area contributed by atoms with Crippen LogP contribution in [0, 0.1) is 10.8 Å². The molecule has 3 nitrogen and oxygen atoms in total. The lowest BCUT2D eigenvalue weighted by Crippen LogP contribution is -2.49. The van der Waals surface area contributed by atoms with Crippen molar-refractivity contribution in [2.45, 2.75) is 136 Å². The van der Waals surface area contributed by atoms with Gasteiger partial charge in [-0.3, -0.25) is 4.79 Å². The highest BCUT2D eigenvalue weighted by Crippen LogP contribution is 2.51. The quantitative estimate of drug-likeness (QED) is 0.0714. The lowest BCUT2D eigenvalue weighted by Gasteiger charge is -2.45. The average molecular weight is 533 g/mol. The Hall–Kier alpha value is 0.220. The van der Waals surface area contributed by atoms with Gasteiger partial charge in [0, 0.05) is 4.75 Å². The van der Waals surface area contributed by atoms with E-state index in [0.29, 0.717) is 13.2 Å². The Bertz CT molecular complexity index is 602. The standard InChI is InChI=1S/C28H52O3S3/c1-8-10-11-12-13-14-15-16-17-18-19-33-25(32)34-27(5,6)28(7,22-26(3,4)9-2)24(29)31-21-23-20-30-23/h23H,8-22H2,1-7H3. The highest BCUT2D eigenvalue weighted by atomic mass is 32.2. The maximum absolute atomic E-state index is 13.3. The van der Waals surface area contributed by atoms with Crippen LogP contribution in [0.4, 0.5) is 0 Å². The van der Waals surface area contributed by atoms with E-state index in [1.165, 1.54) is 64.2 Å². The molecule has 34 heavy (non-hydrogen) atoms. The molecular formula is C28H52O3S3. The van der Waals surface area contributed by atoms with E-state index in [9.17, 15) is 4.79 Å². The Kier molecular flexibility index (Phi) is 15.3. The number of thioether (sulfide) groups is 2. The van der Waals surface area contributed by atoms with Crippen LogP contribution in [0.25, 0.3) is 0 Å². The zero-order valence-electron chi connectivity index (χ0n) is 23.1. The first kappa shape index (κ1) is 32.2. The Morgan fingerprint density at radius 1 is 0.941 bits per heavy atom. The first-order valence-electron chi connectivity index (χ1n) is 13.6. The lowest BCUT2D eigenvalue weighted by molar-refractivity contribution is -0.159. The molecule has 1 fully saturated rings. The van der Waals surface area contributed by atoms with E-state index in [1.54, 1.807) is 23.5 Å². The molecular weight excluding hydrogens is 481 g/mol. The summed E-state index contributed by atoms with van der Waals surface area (Å²) in [6, 6.07) is 0. The number of hydrogen-bond acceptors (Lipinski definition) is 6. The van der Waals surface area contributed by atoms with Gasteiger partial charge in [0.1, 0.15) is 16.2 Å². The molecule has 0 aliphatic carbocycles. The second kappa shape index (κ2) is 16.1. The number of carbonyl (C=O) groups is 1. The maximum Gasteiger partial charge on any atom is 0.313 e. The molecule has 1 aliphatic rings. The molecule has 1 heterocycles. The largest absolute Gasteiger partial charge is 0.462 e. The van der Waals surface area contributed by atoms with Crippen LogP contribution in [0.1, 0.15) is 126 Å². The fourth-order valence-electron chi connectivity index (χ4n) is 4.20. The van der Waals surface area contributed by atoms with Gasteiger partial charge in [0.25, 0.3) is 0 Å². The summed E-state index contributed by atoms with van der Waals surface area (Å²) in [5.74, 6) is 0.948. The Balaban J connectivity index is 2.45. The fraction of sp³-hybridized carbons (Fsp3) is 0.929. The van der Waals surface area contributed by atoms with Crippen molar-refractivity contribution in [2.24, 2.45) is 10.8 Å². The maximum atomic E-state index is 13.3. The molecule has 200 valence electrons. The van der Waals surface area contributed by atoms with E-state index in [-0.39, 0.29) is 22.2 Å². The van der Waals surface area contributed by atoms with Crippen molar-refractivity contribution in [1.29, 1.82) is 0 Å². The summed E-state index contributed by atoms with van der Waals surface area (Å²) in [5, 5.41) is 0. The monoisotopic (exact) mass is 532 g/mol. The van der Waals surface area contributed by atoms with Gasteiger partial charge in [0.2, 0.25) is 0 Å². The first-order valence-corrected chi connectivity index (χ1v) is 15.8. The van der Waals surface area contributed by atoms with Crippen LogP contribution in [0.2, 0.25) is 0 Å². The van der Waals surface area contributed by atoms with E-state index in [4.69, 9.17) is 21.7 Å². The molecule has 0 N–H and O–H groups in total. The van der Waals surface area contributed by atoms with Crippen molar-refractivity contribution in [3.8, 4) is 0 Å². The number of epoxide rings is 1. The number of thiocarbonyl (C=S) groups is 1. The van der Waals surface area contributed by atoms with E-state index >= 15 is 0 Å². The number of hydrogen-bond donors (Lipinski definition) is 0. The molecule has 0 amide bonds. The fourth-order valence-corrected chi connectivity index (χ4v) is 7.50. The molecule has 0 aromatic rings. The number of ether oxygens (including phenoxy) is 2. The molecule has 1 saturated heterocycles. The summed E-state index contributed by atoms with van der Waals surface area (Å²) >= 11 is 9.23. The third kappa shape index (κ3) is 12.5. The summed E-state index contributed by atoms with van der Waals surface area (Å²) in [7, 11) is 0. The third-order valence-corrected chi connectivity index (χ3v) is 10.5. The van der Waals surface area contributed by atoms with Gasteiger partial charge in [0.15, 0.2) is 0 Å². The van der Waals surface area contributed by atoms with Crippen LogP contribution in [0.3, 0.4) is 0 Å². The summed E-state index contributed by atoms with van der Waals surface area (Å²) in [6.07, 6.45) is 15.4. The van der Waals surface area contributed by atoms with Crippen LogP contribution >= 0.6 is 35.7 Å². The Labute approximate surface area is 225 Å². The van der Waals surface area contributed by atoms with Crippen molar-refractivity contribution < 1.29 is 14.3 Å². The van der Waals surface area contributed by atoms with Gasteiger partial charge in [-0.25, -0.2) is 0 Å². The van der Waals surface area contributed by atoms with Crippen LogP contribution in [0.5, 0.6) is 0 Å². The Morgan fingerprint density at radius 3 is 1.97 bits per heavy atom. The van der Waals surface area contributed by atoms with Gasteiger partial charge in [-0.05, 0) is 44.8 Å². The molecule has 2 atom stereocenters. The van der Waals surface area contributed by atoms with E-state index in [1.807, 2.05) is 0 Å². The second-order valence-electron chi connectivity index (χ2n) is 11.5. The molecule has 6 heteroatoms. The minimum atomic E-state index is -0.631. The van der Waals surface area contributed by atoms with Gasteiger partial charge < -0.3 is 9.47 Å². The average Bonchev–Trinajstić information content (AvgIpc) is 3.59. The normalized spacial score (nSPS) is 17.9. The second-order valence-corrected chi connectivity index (χ2v) is 15.4. The zero-order chi connectivity index (χ0) is 25.7. The van der Waals surface area contributed by atoms with Crippen molar-refractivity contribution in [3.05, 3.63) is 0 Å². The van der Waals surface area contributed by atoms with Crippen molar-refractivity contribution in [3.63, 3.8) is 0 Å². The SMILES string of the molecule is CCCCCCCCCCCCSC(=S)SC(C)(C)C(C)(CC(C)(C)CC)C(=O)OCC1CO1. The van der Waals surface area contributed by atoms with E-state index in [0.717, 1.165) is 22.1 Å². The highest BCUT2D eigenvalue weighted by Gasteiger charge is 2.52. The first-order chi connectivity index (χ1) is 16.0.